The predicted octanol–water partition coefficient (Wildman–Crippen LogP) is 5.46. The first kappa shape index (κ1) is 19.6. The lowest BCUT2D eigenvalue weighted by atomic mass is 10.2. The quantitative estimate of drug-likeness (QED) is 0.431. The molecule has 0 aliphatic heterocycles. The average Bonchev–Trinajstić information content (AvgIpc) is 2.67. The Morgan fingerprint density at radius 2 is 1.85 bits per heavy atom. The maximum atomic E-state index is 12.4. The number of benzene rings is 2. The minimum atomic E-state index is -0.166. The molecule has 0 heterocycles. The molecule has 2 rings (SSSR count). The zero-order valence-corrected chi connectivity index (χ0v) is 15.4. The van der Waals surface area contributed by atoms with Crippen LogP contribution in [0, 0.1) is 0 Å². The van der Waals surface area contributed by atoms with Gasteiger partial charge < -0.3 is 14.8 Å². The number of amides is 1. The molecule has 0 radical (unpaired) electrons. The minimum Gasteiger partial charge on any atom is -0.494 e. The van der Waals surface area contributed by atoms with Crippen LogP contribution in [0.3, 0.4) is 0 Å². The number of anilines is 1. The summed E-state index contributed by atoms with van der Waals surface area (Å²) >= 11 is 0. The second kappa shape index (κ2) is 11.0. The van der Waals surface area contributed by atoms with Crippen LogP contribution in [0.4, 0.5) is 5.69 Å². The number of ether oxygens (including phenoxy) is 2. The number of nitrogens with one attached hydrogen (secondary N) is 1. The lowest BCUT2D eigenvalue weighted by molar-refractivity contribution is 0.102. The molecule has 4 nitrogen and oxygen atoms in total. The van der Waals surface area contributed by atoms with Crippen molar-refractivity contribution in [3.8, 4) is 11.5 Å². The topological polar surface area (TPSA) is 47.6 Å². The van der Waals surface area contributed by atoms with Crippen LogP contribution in [-0.2, 0) is 0 Å². The molecule has 2 aromatic rings. The molecule has 138 valence electrons. The molecule has 0 aromatic heterocycles. The van der Waals surface area contributed by atoms with Crippen molar-refractivity contribution in [1.29, 1.82) is 0 Å². The van der Waals surface area contributed by atoms with Crippen molar-refractivity contribution in [3.05, 3.63) is 66.7 Å². The van der Waals surface area contributed by atoms with Crippen molar-refractivity contribution in [2.45, 2.75) is 32.6 Å². The third-order valence-corrected chi connectivity index (χ3v) is 3.84. The van der Waals surface area contributed by atoms with E-state index in [1.165, 1.54) is 19.3 Å². The van der Waals surface area contributed by atoms with Gasteiger partial charge in [0.1, 0.15) is 18.1 Å². The first-order valence-electron chi connectivity index (χ1n) is 9.11. The maximum absolute atomic E-state index is 12.4. The molecule has 0 spiro atoms. The molecule has 4 heteroatoms. The van der Waals surface area contributed by atoms with Crippen LogP contribution in [0.5, 0.6) is 11.5 Å². The molecule has 1 amide bonds. The summed E-state index contributed by atoms with van der Waals surface area (Å²) in [6.07, 6.45) is 6.35. The summed E-state index contributed by atoms with van der Waals surface area (Å²) in [4.78, 5) is 12.4. The van der Waals surface area contributed by atoms with Crippen LogP contribution < -0.4 is 14.8 Å². The van der Waals surface area contributed by atoms with Crippen molar-refractivity contribution >= 4 is 11.6 Å². The summed E-state index contributed by atoms with van der Waals surface area (Å²) in [5, 5.41) is 2.90. The lowest BCUT2D eigenvalue weighted by Gasteiger charge is -2.10. The van der Waals surface area contributed by atoms with E-state index in [0.717, 1.165) is 12.2 Å². The fourth-order valence-electron chi connectivity index (χ4n) is 2.44. The second-order valence-corrected chi connectivity index (χ2v) is 6.02. The highest BCUT2D eigenvalue weighted by atomic mass is 16.5. The first-order valence-corrected chi connectivity index (χ1v) is 9.11. The summed E-state index contributed by atoms with van der Waals surface area (Å²) in [5.41, 5.74) is 1.29. The minimum absolute atomic E-state index is 0.166. The number of hydrogen-bond acceptors (Lipinski definition) is 3. The normalized spacial score (nSPS) is 10.2. The monoisotopic (exact) mass is 353 g/mol. The number of carbonyl (C=O) groups excluding carboxylic acids is 1. The highest BCUT2D eigenvalue weighted by Gasteiger charge is 2.07. The van der Waals surface area contributed by atoms with E-state index in [9.17, 15) is 4.79 Å². The summed E-state index contributed by atoms with van der Waals surface area (Å²) < 4.78 is 11.2. The van der Waals surface area contributed by atoms with Gasteiger partial charge in [0.25, 0.3) is 5.91 Å². The molecule has 0 bridgehead atoms. The highest BCUT2D eigenvalue weighted by molar-refractivity contribution is 6.04. The molecule has 1 N–H and O–H groups in total. The summed E-state index contributed by atoms with van der Waals surface area (Å²) in [6, 6.07) is 14.5. The Bertz CT molecular complexity index is 695. The standard InChI is InChI=1S/C22H27NO3/c1-3-5-6-7-16-26-21-10-8-9-19(17-21)23-22(24)18-11-13-20(14-12-18)25-15-4-2/h4,8-14,17H,2-3,5-7,15-16H2,1H3,(H,23,24). The number of carbonyl (C=O) groups is 1. The van der Waals surface area contributed by atoms with Gasteiger partial charge in [-0.05, 0) is 42.8 Å². The smallest absolute Gasteiger partial charge is 0.255 e. The van der Waals surface area contributed by atoms with Gasteiger partial charge >= 0.3 is 0 Å². The molecule has 0 fully saturated rings. The third-order valence-electron chi connectivity index (χ3n) is 3.84. The molecule has 0 saturated heterocycles. The van der Waals surface area contributed by atoms with E-state index in [0.29, 0.717) is 30.2 Å². The first-order chi connectivity index (χ1) is 12.7. The Hall–Kier alpha value is -2.75. The van der Waals surface area contributed by atoms with Gasteiger partial charge in [0.15, 0.2) is 0 Å². The van der Waals surface area contributed by atoms with Crippen LogP contribution >= 0.6 is 0 Å². The van der Waals surface area contributed by atoms with Crippen molar-refractivity contribution < 1.29 is 14.3 Å². The van der Waals surface area contributed by atoms with E-state index in [1.54, 1.807) is 30.3 Å². The fourth-order valence-corrected chi connectivity index (χ4v) is 2.44. The zero-order chi connectivity index (χ0) is 18.6. The van der Waals surface area contributed by atoms with Gasteiger partial charge in [-0.1, -0.05) is 44.9 Å². The summed E-state index contributed by atoms with van der Waals surface area (Å²) in [6.45, 7) is 6.94. The van der Waals surface area contributed by atoms with E-state index in [1.807, 2.05) is 24.3 Å². The van der Waals surface area contributed by atoms with Crippen molar-refractivity contribution in [3.63, 3.8) is 0 Å². The molecule has 0 atom stereocenters. The maximum Gasteiger partial charge on any atom is 0.255 e. The molecule has 0 aliphatic carbocycles. The average molecular weight is 353 g/mol. The molecular weight excluding hydrogens is 326 g/mol. The fraction of sp³-hybridized carbons (Fsp3) is 0.318. The van der Waals surface area contributed by atoms with Crippen LogP contribution in [0.25, 0.3) is 0 Å². The van der Waals surface area contributed by atoms with E-state index in [2.05, 4.69) is 18.8 Å². The summed E-state index contributed by atoms with van der Waals surface area (Å²) in [5.74, 6) is 1.31. The van der Waals surface area contributed by atoms with Crippen LogP contribution in [0.15, 0.2) is 61.2 Å². The van der Waals surface area contributed by atoms with Crippen molar-refractivity contribution in [2.75, 3.05) is 18.5 Å². The van der Waals surface area contributed by atoms with Gasteiger partial charge in [-0.15, -0.1) is 0 Å². The van der Waals surface area contributed by atoms with Gasteiger partial charge in [0.2, 0.25) is 0 Å². The van der Waals surface area contributed by atoms with Gasteiger partial charge in [0, 0.05) is 17.3 Å². The van der Waals surface area contributed by atoms with Crippen molar-refractivity contribution in [1.82, 2.24) is 0 Å². The third kappa shape index (κ3) is 6.63. The summed E-state index contributed by atoms with van der Waals surface area (Å²) in [7, 11) is 0. The van der Waals surface area contributed by atoms with E-state index >= 15 is 0 Å². The molecule has 0 unspecified atom stereocenters. The number of rotatable bonds is 11. The van der Waals surface area contributed by atoms with Gasteiger partial charge in [-0.25, -0.2) is 0 Å². The molecule has 0 aliphatic rings. The Kier molecular flexibility index (Phi) is 8.27. The Balaban J connectivity index is 1.88. The zero-order valence-electron chi connectivity index (χ0n) is 15.4. The number of hydrogen-bond donors (Lipinski definition) is 1. The second-order valence-electron chi connectivity index (χ2n) is 6.02. The lowest BCUT2D eigenvalue weighted by Crippen LogP contribution is -2.11. The van der Waals surface area contributed by atoms with Crippen LogP contribution in [0.2, 0.25) is 0 Å². The van der Waals surface area contributed by atoms with E-state index < -0.39 is 0 Å². The Labute approximate surface area is 155 Å². The SMILES string of the molecule is C=CCOc1ccc(C(=O)Nc2cccc(OCCCCCC)c2)cc1. The highest BCUT2D eigenvalue weighted by Crippen LogP contribution is 2.19. The molecular formula is C22H27NO3. The predicted molar refractivity (Wildman–Crippen MR) is 106 cm³/mol. The van der Waals surface area contributed by atoms with E-state index in [4.69, 9.17) is 9.47 Å². The van der Waals surface area contributed by atoms with Crippen molar-refractivity contribution in [2.24, 2.45) is 0 Å². The van der Waals surface area contributed by atoms with Gasteiger partial charge in [0.05, 0.1) is 6.61 Å². The number of unbranched alkanes of at least 4 members (excludes halogenated alkanes) is 3. The van der Waals surface area contributed by atoms with Crippen LogP contribution in [-0.4, -0.2) is 19.1 Å². The van der Waals surface area contributed by atoms with Gasteiger partial charge in [-0.3, -0.25) is 4.79 Å². The largest absolute Gasteiger partial charge is 0.494 e. The Morgan fingerprint density at radius 3 is 2.58 bits per heavy atom. The Morgan fingerprint density at radius 1 is 1.04 bits per heavy atom. The molecule has 0 saturated carbocycles. The van der Waals surface area contributed by atoms with Gasteiger partial charge in [-0.2, -0.15) is 0 Å². The van der Waals surface area contributed by atoms with Crippen LogP contribution in [0.1, 0.15) is 43.0 Å². The molecule has 26 heavy (non-hydrogen) atoms. The molecule has 2 aromatic carbocycles. The van der Waals surface area contributed by atoms with E-state index in [-0.39, 0.29) is 5.91 Å².